The molecule has 3 nitrogen and oxygen atoms in total. The number of hydrogen-bond donors (Lipinski definition) is 0. The second kappa shape index (κ2) is 4.07. The maximum atomic E-state index is 12.8. The van der Waals surface area contributed by atoms with E-state index < -0.39 is 0 Å². The first-order valence-electron chi connectivity index (χ1n) is 7.79. The van der Waals surface area contributed by atoms with Crippen molar-refractivity contribution in [3.63, 3.8) is 0 Å². The van der Waals surface area contributed by atoms with Gasteiger partial charge in [0, 0.05) is 0 Å². The van der Waals surface area contributed by atoms with Crippen LogP contribution in [0, 0.1) is 23.7 Å². The highest BCUT2D eigenvalue weighted by Gasteiger charge is 2.59. The fourth-order valence-electron chi connectivity index (χ4n) is 4.47. The Balaban J connectivity index is 1.60. The summed E-state index contributed by atoms with van der Waals surface area (Å²) in [5, 5.41) is 2.17. The van der Waals surface area contributed by atoms with Crippen LogP contribution in [-0.4, -0.2) is 11.8 Å². The third kappa shape index (κ3) is 1.41. The summed E-state index contributed by atoms with van der Waals surface area (Å²) in [6, 6.07) is 13.8. The summed E-state index contributed by atoms with van der Waals surface area (Å²) in [7, 11) is 0. The molecule has 22 heavy (non-hydrogen) atoms. The second-order valence-corrected chi connectivity index (χ2v) is 6.54. The summed E-state index contributed by atoms with van der Waals surface area (Å²) in [5.41, 5.74) is 0.711. The Morgan fingerprint density at radius 1 is 0.818 bits per heavy atom. The fraction of sp³-hybridized carbons (Fsp3) is 0.263. The molecule has 2 aliphatic carbocycles. The molecule has 5 rings (SSSR count). The number of benzene rings is 2. The molecule has 108 valence electrons. The Morgan fingerprint density at radius 3 is 2.14 bits per heavy atom. The zero-order chi connectivity index (χ0) is 14.8. The number of fused-ring (bicyclic) bond motifs is 6. The lowest BCUT2D eigenvalue weighted by molar-refractivity contribution is -0.123. The molecule has 4 atom stereocenters. The summed E-state index contributed by atoms with van der Waals surface area (Å²) in [5.74, 6) is 0.237. The summed E-state index contributed by atoms with van der Waals surface area (Å²) in [6.45, 7) is 0. The molecule has 0 unspecified atom stereocenters. The van der Waals surface area contributed by atoms with Crippen molar-refractivity contribution < 1.29 is 9.59 Å². The van der Waals surface area contributed by atoms with Crippen molar-refractivity contribution in [1.29, 1.82) is 0 Å². The van der Waals surface area contributed by atoms with Crippen molar-refractivity contribution in [3.8, 4) is 0 Å². The van der Waals surface area contributed by atoms with Crippen molar-refractivity contribution in [2.24, 2.45) is 23.7 Å². The molecule has 1 aliphatic heterocycles. The van der Waals surface area contributed by atoms with Crippen molar-refractivity contribution in [1.82, 2.24) is 0 Å². The molecule has 0 radical (unpaired) electrons. The van der Waals surface area contributed by atoms with Gasteiger partial charge < -0.3 is 0 Å². The standard InChI is InChI=1S/C19H15NO2/c21-18-16-13-5-6-14(9-13)17(16)19(22)20(18)15-8-7-11-3-1-2-4-12(11)10-15/h1-8,10,13-14,16-17H,9H2/t13-,14-,16+,17+/m0/s1. The highest BCUT2D eigenvalue weighted by molar-refractivity contribution is 6.23. The van der Waals surface area contributed by atoms with Crippen LogP contribution in [-0.2, 0) is 9.59 Å². The minimum absolute atomic E-state index is 0.0119. The molecular formula is C19H15NO2. The van der Waals surface area contributed by atoms with E-state index >= 15 is 0 Å². The SMILES string of the molecule is O=C1[C@H]2[C@H](C(=O)N1c1ccc3ccccc3c1)[C@H]1C=C[C@H]2C1. The molecule has 2 bridgehead atoms. The van der Waals surface area contributed by atoms with Crippen molar-refractivity contribution in [2.45, 2.75) is 6.42 Å². The number of nitrogens with zero attached hydrogens (tertiary/aromatic N) is 1. The van der Waals surface area contributed by atoms with Crippen molar-refractivity contribution in [2.75, 3.05) is 4.90 Å². The maximum absolute atomic E-state index is 12.8. The Morgan fingerprint density at radius 2 is 1.45 bits per heavy atom. The first-order valence-corrected chi connectivity index (χ1v) is 7.79. The van der Waals surface area contributed by atoms with Crippen LogP contribution >= 0.6 is 0 Å². The lowest BCUT2D eigenvalue weighted by Crippen LogP contribution is -2.32. The normalized spacial score (nSPS) is 32.3. The van der Waals surface area contributed by atoms with Crippen LogP contribution in [0.1, 0.15) is 6.42 Å². The van der Waals surface area contributed by atoms with Crippen LogP contribution in [0.2, 0.25) is 0 Å². The predicted octanol–water partition coefficient (Wildman–Crippen LogP) is 3.15. The number of hydrogen-bond acceptors (Lipinski definition) is 2. The summed E-state index contributed by atoms with van der Waals surface area (Å²) in [4.78, 5) is 27.0. The van der Waals surface area contributed by atoms with E-state index in [4.69, 9.17) is 0 Å². The minimum atomic E-state index is -0.131. The van der Waals surface area contributed by atoms with Crippen LogP contribution in [0.4, 0.5) is 5.69 Å². The Hall–Kier alpha value is -2.42. The monoisotopic (exact) mass is 289 g/mol. The number of allylic oxidation sites excluding steroid dienone is 2. The van der Waals surface area contributed by atoms with Gasteiger partial charge in [-0.15, -0.1) is 0 Å². The van der Waals surface area contributed by atoms with E-state index in [1.54, 1.807) is 0 Å². The van der Waals surface area contributed by atoms with Gasteiger partial charge in [-0.1, -0.05) is 42.5 Å². The Bertz CT molecular complexity index is 823. The van der Waals surface area contributed by atoms with E-state index in [0.29, 0.717) is 5.69 Å². The summed E-state index contributed by atoms with van der Waals surface area (Å²) < 4.78 is 0. The van der Waals surface area contributed by atoms with E-state index in [9.17, 15) is 9.59 Å². The van der Waals surface area contributed by atoms with Gasteiger partial charge in [-0.2, -0.15) is 0 Å². The number of rotatable bonds is 1. The molecule has 0 N–H and O–H groups in total. The summed E-state index contributed by atoms with van der Waals surface area (Å²) >= 11 is 0. The zero-order valence-corrected chi connectivity index (χ0v) is 12.0. The van der Waals surface area contributed by atoms with E-state index in [0.717, 1.165) is 17.2 Å². The highest BCUT2D eigenvalue weighted by atomic mass is 16.2. The highest BCUT2D eigenvalue weighted by Crippen LogP contribution is 2.53. The first kappa shape index (κ1) is 12.2. The Labute approximate surface area is 128 Å². The van der Waals surface area contributed by atoms with Gasteiger partial charge in [-0.25, -0.2) is 4.90 Å². The third-order valence-corrected chi connectivity index (χ3v) is 5.46. The molecule has 2 amide bonds. The van der Waals surface area contributed by atoms with Crippen LogP contribution < -0.4 is 4.90 Å². The van der Waals surface area contributed by atoms with E-state index in [1.807, 2.05) is 42.5 Å². The smallest absolute Gasteiger partial charge is 0.238 e. The quantitative estimate of drug-likeness (QED) is 0.597. The van der Waals surface area contributed by atoms with E-state index in [1.165, 1.54) is 4.90 Å². The Kier molecular flexibility index (Phi) is 2.25. The summed E-state index contributed by atoms with van der Waals surface area (Å²) in [6.07, 6.45) is 5.22. The second-order valence-electron chi connectivity index (χ2n) is 6.54. The lowest BCUT2D eigenvalue weighted by Gasteiger charge is -2.17. The molecule has 1 saturated heterocycles. The molecule has 2 fully saturated rings. The predicted molar refractivity (Wildman–Crippen MR) is 84.2 cm³/mol. The third-order valence-electron chi connectivity index (χ3n) is 5.46. The average molecular weight is 289 g/mol. The first-order chi connectivity index (χ1) is 10.7. The fourth-order valence-corrected chi connectivity index (χ4v) is 4.47. The molecule has 2 aromatic carbocycles. The lowest BCUT2D eigenvalue weighted by atomic mass is 9.85. The number of carbonyl (C=O) groups excluding carboxylic acids is 2. The van der Waals surface area contributed by atoms with E-state index in [-0.39, 0.29) is 35.5 Å². The van der Waals surface area contributed by atoms with Crippen molar-refractivity contribution >= 4 is 28.3 Å². The van der Waals surface area contributed by atoms with Gasteiger partial charge in [0.05, 0.1) is 17.5 Å². The molecule has 2 aromatic rings. The largest absolute Gasteiger partial charge is 0.274 e. The minimum Gasteiger partial charge on any atom is -0.274 e. The van der Waals surface area contributed by atoms with Crippen LogP contribution in [0.25, 0.3) is 10.8 Å². The zero-order valence-electron chi connectivity index (χ0n) is 12.0. The van der Waals surface area contributed by atoms with Gasteiger partial charge in [-0.3, -0.25) is 9.59 Å². The van der Waals surface area contributed by atoms with Crippen molar-refractivity contribution in [3.05, 3.63) is 54.6 Å². The number of amides is 2. The van der Waals surface area contributed by atoms with Gasteiger partial charge in [0.25, 0.3) is 0 Å². The van der Waals surface area contributed by atoms with Gasteiger partial charge >= 0.3 is 0 Å². The van der Waals surface area contributed by atoms with Gasteiger partial charge in [-0.05, 0) is 41.2 Å². The number of anilines is 1. The molecule has 3 heteroatoms. The number of imide groups is 1. The van der Waals surface area contributed by atoms with Gasteiger partial charge in [0.2, 0.25) is 11.8 Å². The molecule has 1 heterocycles. The van der Waals surface area contributed by atoms with Crippen LogP contribution in [0.15, 0.2) is 54.6 Å². The maximum Gasteiger partial charge on any atom is 0.238 e. The van der Waals surface area contributed by atoms with Gasteiger partial charge in [0.1, 0.15) is 0 Å². The topological polar surface area (TPSA) is 37.4 Å². The molecule has 0 spiro atoms. The average Bonchev–Trinajstić information content (AvgIpc) is 3.21. The van der Waals surface area contributed by atoms with Gasteiger partial charge in [0.15, 0.2) is 0 Å². The molecular weight excluding hydrogens is 274 g/mol. The molecule has 0 aromatic heterocycles. The van der Waals surface area contributed by atoms with Crippen LogP contribution in [0.5, 0.6) is 0 Å². The number of carbonyl (C=O) groups is 2. The van der Waals surface area contributed by atoms with Crippen LogP contribution in [0.3, 0.4) is 0 Å². The van der Waals surface area contributed by atoms with E-state index in [2.05, 4.69) is 12.2 Å². The molecule has 1 saturated carbocycles. The molecule has 3 aliphatic rings.